The van der Waals surface area contributed by atoms with E-state index in [9.17, 15) is 14.0 Å². The molecule has 0 saturated carbocycles. The number of amides is 2. The number of carbonyl (C=O) groups excluding carboxylic acids is 2. The largest absolute Gasteiger partial charge is 0.337 e. The average Bonchev–Trinajstić information content (AvgIpc) is 3.37. The minimum atomic E-state index is -0.596. The predicted molar refractivity (Wildman–Crippen MR) is 130 cm³/mol. The highest BCUT2D eigenvalue weighted by Crippen LogP contribution is 2.32. The number of rotatable bonds is 8. The fraction of sp³-hybridized carbons (Fsp3) is 0.385. The number of carbonyl (C=O) groups is 2. The van der Waals surface area contributed by atoms with Crippen LogP contribution in [0.3, 0.4) is 0 Å². The first-order chi connectivity index (χ1) is 17.0. The second kappa shape index (κ2) is 11.4. The van der Waals surface area contributed by atoms with Gasteiger partial charge in [0.15, 0.2) is 0 Å². The molecule has 1 saturated heterocycles. The Kier molecular flexibility index (Phi) is 8.13. The summed E-state index contributed by atoms with van der Waals surface area (Å²) in [4.78, 5) is 34.2. The highest BCUT2D eigenvalue weighted by atomic mass is 35.5. The molecule has 0 N–H and O–H groups in total. The summed E-state index contributed by atoms with van der Waals surface area (Å²) in [5, 5.41) is 4.65. The summed E-state index contributed by atoms with van der Waals surface area (Å²) < 4.78 is 19.8. The number of hydrogen-bond donors (Lipinski definition) is 0. The molecular weight excluding hydrogens is 471 g/mol. The lowest BCUT2D eigenvalue weighted by molar-refractivity contribution is -0.136. The Morgan fingerprint density at radius 2 is 2.03 bits per heavy atom. The standard InChI is InChI=1S/C26H28ClFN4O3/c1-2-3-14-31(26(34)20-11-4-5-12-21(20)28)17-23(33)32-15-7-6-13-22(32)25-29-24(30-35-25)18-9-8-10-19(27)16-18/h4-5,8-12,16,22H,2-3,6-7,13-15,17H2,1H3. The zero-order valence-corrected chi connectivity index (χ0v) is 20.4. The van der Waals surface area contributed by atoms with Gasteiger partial charge in [0.25, 0.3) is 5.91 Å². The fourth-order valence-corrected chi connectivity index (χ4v) is 4.45. The molecule has 0 bridgehead atoms. The third-order valence-corrected chi connectivity index (χ3v) is 6.37. The van der Waals surface area contributed by atoms with E-state index < -0.39 is 11.7 Å². The molecule has 9 heteroatoms. The van der Waals surface area contributed by atoms with Crippen molar-refractivity contribution >= 4 is 23.4 Å². The zero-order valence-electron chi connectivity index (χ0n) is 19.6. The minimum Gasteiger partial charge on any atom is -0.337 e. The van der Waals surface area contributed by atoms with Crippen molar-refractivity contribution in [2.75, 3.05) is 19.6 Å². The van der Waals surface area contributed by atoms with Crippen molar-refractivity contribution in [2.24, 2.45) is 0 Å². The molecule has 1 aliphatic heterocycles. The Labute approximate surface area is 208 Å². The molecule has 0 spiro atoms. The molecule has 3 aromatic rings. The maximum Gasteiger partial charge on any atom is 0.257 e. The van der Waals surface area contributed by atoms with E-state index in [0.29, 0.717) is 42.7 Å². The van der Waals surface area contributed by atoms with Gasteiger partial charge in [-0.25, -0.2) is 4.39 Å². The van der Waals surface area contributed by atoms with Crippen LogP contribution in [-0.2, 0) is 4.79 Å². The molecule has 7 nitrogen and oxygen atoms in total. The van der Waals surface area contributed by atoms with E-state index in [0.717, 1.165) is 24.8 Å². The second-order valence-corrected chi connectivity index (χ2v) is 9.06. The van der Waals surface area contributed by atoms with Crippen LogP contribution in [0.25, 0.3) is 11.4 Å². The van der Waals surface area contributed by atoms with E-state index >= 15 is 0 Å². The van der Waals surface area contributed by atoms with E-state index in [2.05, 4.69) is 10.1 Å². The van der Waals surface area contributed by atoms with Gasteiger partial charge in [0.2, 0.25) is 17.6 Å². The summed E-state index contributed by atoms with van der Waals surface area (Å²) in [5.74, 6) is -0.549. The summed E-state index contributed by atoms with van der Waals surface area (Å²) in [5.41, 5.74) is 0.692. The van der Waals surface area contributed by atoms with Crippen LogP contribution < -0.4 is 0 Å². The lowest BCUT2D eigenvalue weighted by Gasteiger charge is -2.35. The molecule has 1 fully saturated rings. The Bertz CT molecular complexity index is 1180. The molecule has 0 radical (unpaired) electrons. The van der Waals surface area contributed by atoms with Crippen LogP contribution >= 0.6 is 11.6 Å². The molecule has 2 amide bonds. The predicted octanol–water partition coefficient (Wildman–Crippen LogP) is 5.53. The van der Waals surface area contributed by atoms with Gasteiger partial charge in [-0.15, -0.1) is 0 Å². The third kappa shape index (κ3) is 5.88. The molecule has 184 valence electrons. The quantitative estimate of drug-likeness (QED) is 0.408. The highest BCUT2D eigenvalue weighted by molar-refractivity contribution is 6.30. The van der Waals surface area contributed by atoms with E-state index in [4.69, 9.17) is 16.1 Å². The van der Waals surface area contributed by atoms with Gasteiger partial charge in [-0.2, -0.15) is 4.98 Å². The Hall–Kier alpha value is -3.26. The number of benzene rings is 2. The Balaban J connectivity index is 1.53. The normalized spacial score (nSPS) is 15.7. The van der Waals surface area contributed by atoms with Crippen LogP contribution in [0.1, 0.15) is 61.3 Å². The van der Waals surface area contributed by atoms with E-state index in [1.165, 1.54) is 23.1 Å². The number of nitrogens with zero attached hydrogens (tertiary/aromatic N) is 4. The van der Waals surface area contributed by atoms with Gasteiger partial charge >= 0.3 is 0 Å². The summed E-state index contributed by atoms with van der Waals surface area (Å²) in [7, 11) is 0. The number of unbranched alkanes of at least 4 members (excludes halogenated alkanes) is 1. The lowest BCUT2D eigenvalue weighted by Crippen LogP contribution is -2.46. The zero-order chi connectivity index (χ0) is 24.8. The van der Waals surface area contributed by atoms with Crippen molar-refractivity contribution in [3.05, 3.63) is 70.8 Å². The number of hydrogen-bond acceptors (Lipinski definition) is 5. The lowest BCUT2D eigenvalue weighted by atomic mass is 10.0. The molecule has 1 aromatic heterocycles. The van der Waals surface area contributed by atoms with Crippen molar-refractivity contribution in [1.29, 1.82) is 0 Å². The van der Waals surface area contributed by atoms with Crippen LogP contribution in [0.2, 0.25) is 5.02 Å². The first kappa shape index (κ1) is 24.9. The molecule has 2 aromatic carbocycles. The van der Waals surface area contributed by atoms with Gasteiger partial charge in [-0.05, 0) is 49.9 Å². The number of piperidine rings is 1. The average molecular weight is 499 g/mol. The summed E-state index contributed by atoms with van der Waals surface area (Å²) >= 11 is 6.08. The van der Waals surface area contributed by atoms with Gasteiger partial charge in [0.05, 0.1) is 5.56 Å². The van der Waals surface area contributed by atoms with Crippen LogP contribution in [-0.4, -0.2) is 51.4 Å². The summed E-state index contributed by atoms with van der Waals surface area (Å²) in [6, 6.07) is 12.6. The monoisotopic (exact) mass is 498 g/mol. The SMILES string of the molecule is CCCCN(CC(=O)N1CCCCC1c1nc(-c2cccc(Cl)c2)no1)C(=O)c1ccccc1F. The van der Waals surface area contributed by atoms with Crippen LogP contribution in [0.15, 0.2) is 53.1 Å². The van der Waals surface area contributed by atoms with Gasteiger partial charge in [-0.1, -0.05) is 54.4 Å². The maximum absolute atomic E-state index is 14.3. The summed E-state index contributed by atoms with van der Waals surface area (Å²) in [6.07, 6.45) is 3.99. The van der Waals surface area contributed by atoms with Crippen molar-refractivity contribution in [2.45, 2.75) is 45.1 Å². The van der Waals surface area contributed by atoms with Crippen molar-refractivity contribution in [3.63, 3.8) is 0 Å². The fourth-order valence-electron chi connectivity index (χ4n) is 4.26. The topological polar surface area (TPSA) is 79.5 Å². The Morgan fingerprint density at radius 3 is 2.80 bits per heavy atom. The van der Waals surface area contributed by atoms with Gasteiger partial charge in [-0.3, -0.25) is 9.59 Å². The first-order valence-electron chi connectivity index (χ1n) is 11.9. The smallest absolute Gasteiger partial charge is 0.257 e. The molecule has 1 atom stereocenters. The highest BCUT2D eigenvalue weighted by Gasteiger charge is 2.34. The van der Waals surface area contributed by atoms with Gasteiger partial charge in [0.1, 0.15) is 18.4 Å². The molecule has 35 heavy (non-hydrogen) atoms. The van der Waals surface area contributed by atoms with Crippen LogP contribution in [0.5, 0.6) is 0 Å². The molecule has 4 rings (SSSR count). The number of halogens is 2. The van der Waals surface area contributed by atoms with Crippen molar-refractivity contribution in [1.82, 2.24) is 19.9 Å². The van der Waals surface area contributed by atoms with E-state index in [1.54, 1.807) is 23.1 Å². The molecule has 2 heterocycles. The first-order valence-corrected chi connectivity index (χ1v) is 12.3. The number of aromatic nitrogens is 2. The van der Waals surface area contributed by atoms with Gasteiger partial charge in [0, 0.05) is 23.7 Å². The molecular formula is C26H28ClFN4O3. The molecule has 1 aliphatic rings. The number of likely N-dealkylation sites (tertiary alicyclic amines) is 1. The van der Waals surface area contributed by atoms with Crippen molar-refractivity contribution in [3.8, 4) is 11.4 Å². The van der Waals surface area contributed by atoms with E-state index in [1.807, 2.05) is 19.1 Å². The van der Waals surface area contributed by atoms with E-state index in [-0.39, 0.29) is 24.1 Å². The van der Waals surface area contributed by atoms with Crippen LogP contribution in [0, 0.1) is 5.82 Å². The summed E-state index contributed by atoms with van der Waals surface area (Å²) in [6.45, 7) is 2.75. The second-order valence-electron chi connectivity index (χ2n) is 8.63. The minimum absolute atomic E-state index is 0.0327. The van der Waals surface area contributed by atoms with Crippen LogP contribution in [0.4, 0.5) is 4.39 Å². The maximum atomic E-state index is 14.3. The van der Waals surface area contributed by atoms with Crippen molar-refractivity contribution < 1.29 is 18.5 Å². The van der Waals surface area contributed by atoms with Gasteiger partial charge < -0.3 is 14.3 Å². The third-order valence-electron chi connectivity index (χ3n) is 6.13. The molecule has 1 unspecified atom stereocenters. The Morgan fingerprint density at radius 1 is 1.20 bits per heavy atom. The molecule has 0 aliphatic carbocycles.